The van der Waals surface area contributed by atoms with Gasteiger partial charge in [0, 0.05) is 43.5 Å². The van der Waals surface area contributed by atoms with Crippen molar-refractivity contribution >= 4 is 11.8 Å². The monoisotopic (exact) mass is 514 g/mol. The standard InChI is InChI=1S/C31H35FN4O2/c32-25-9-10-27-24(19-25)8-11-29(28(27)17-23-7-4-14-33-20-23)35-31(38)21-36-15-12-26(13-16-36)34-30(37)18-22-5-2-1-3-6-22/h1-7,9-10,14,19-20,26,28-29H,8,11-13,15-18,21H2,(H,34,37)(H,35,38)/t28-,29+/m1/s1. The fourth-order valence-corrected chi connectivity index (χ4v) is 5.83. The number of rotatable bonds is 8. The molecule has 1 fully saturated rings. The number of halogens is 1. The molecule has 0 bridgehead atoms. The molecule has 2 N–H and O–H groups in total. The van der Waals surface area contributed by atoms with Crippen molar-refractivity contribution in [3.63, 3.8) is 0 Å². The Morgan fingerprint density at radius 2 is 1.71 bits per heavy atom. The zero-order valence-corrected chi connectivity index (χ0v) is 21.6. The highest BCUT2D eigenvalue weighted by Crippen LogP contribution is 2.35. The smallest absolute Gasteiger partial charge is 0.234 e. The Balaban J connectivity index is 1.14. The van der Waals surface area contributed by atoms with Gasteiger partial charge in [-0.05, 0) is 72.6 Å². The van der Waals surface area contributed by atoms with E-state index in [0.717, 1.165) is 67.4 Å². The molecule has 2 aromatic carbocycles. The second-order valence-corrected chi connectivity index (χ2v) is 10.5. The van der Waals surface area contributed by atoms with Gasteiger partial charge < -0.3 is 10.6 Å². The molecule has 1 aromatic heterocycles. The second-order valence-electron chi connectivity index (χ2n) is 10.5. The Labute approximate surface area is 223 Å². The van der Waals surface area contributed by atoms with Crippen molar-refractivity contribution < 1.29 is 14.0 Å². The minimum Gasteiger partial charge on any atom is -0.353 e. The van der Waals surface area contributed by atoms with Crippen molar-refractivity contribution in [3.8, 4) is 0 Å². The molecular weight excluding hydrogens is 479 g/mol. The van der Waals surface area contributed by atoms with Crippen LogP contribution in [0.1, 0.15) is 47.4 Å². The molecule has 3 aromatic rings. The fraction of sp³-hybridized carbons (Fsp3) is 0.387. The summed E-state index contributed by atoms with van der Waals surface area (Å²) >= 11 is 0. The highest BCUT2D eigenvalue weighted by Gasteiger charge is 2.32. The van der Waals surface area contributed by atoms with Crippen LogP contribution >= 0.6 is 0 Å². The number of nitrogens with one attached hydrogen (secondary N) is 2. The highest BCUT2D eigenvalue weighted by atomic mass is 19.1. The van der Waals surface area contributed by atoms with Crippen LogP contribution in [0.15, 0.2) is 73.1 Å². The molecule has 2 amide bonds. The first-order chi connectivity index (χ1) is 18.5. The number of carbonyl (C=O) groups is 2. The Hall–Kier alpha value is -3.58. The molecule has 1 aliphatic heterocycles. The summed E-state index contributed by atoms with van der Waals surface area (Å²) in [4.78, 5) is 31.9. The van der Waals surface area contributed by atoms with Crippen molar-refractivity contribution in [3.05, 3.63) is 101 Å². The van der Waals surface area contributed by atoms with Gasteiger partial charge in [0.05, 0.1) is 13.0 Å². The summed E-state index contributed by atoms with van der Waals surface area (Å²) in [5, 5.41) is 6.45. The van der Waals surface area contributed by atoms with Crippen LogP contribution in [-0.4, -0.2) is 53.4 Å². The van der Waals surface area contributed by atoms with E-state index in [2.05, 4.69) is 20.5 Å². The van der Waals surface area contributed by atoms with Crippen molar-refractivity contribution in [2.45, 2.75) is 56.5 Å². The van der Waals surface area contributed by atoms with Crippen LogP contribution in [0.4, 0.5) is 4.39 Å². The molecule has 2 atom stereocenters. The normalized spacial score (nSPS) is 19.9. The fourth-order valence-electron chi connectivity index (χ4n) is 5.83. The van der Waals surface area contributed by atoms with Crippen LogP contribution < -0.4 is 10.6 Å². The number of likely N-dealkylation sites (tertiary alicyclic amines) is 1. The number of pyridine rings is 1. The van der Waals surface area contributed by atoms with Crippen molar-refractivity contribution in [2.75, 3.05) is 19.6 Å². The van der Waals surface area contributed by atoms with Crippen LogP contribution in [-0.2, 0) is 28.9 Å². The van der Waals surface area contributed by atoms with E-state index in [4.69, 9.17) is 0 Å². The number of carbonyl (C=O) groups excluding carboxylic acids is 2. The SMILES string of the molecule is O=C(Cc1ccccc1)NC1CCN(CC(=O)N[C@H]2CCc3cc(F)ccc3[C@H]2Cc2cccnc2)CC1. The van der Waals surface area contributed by atoms with Gasteiger partial charge in [0.2, 0.25) is 11.8 Å². The predicted molar refractivity (Wildman–Crippen MR) is 145 cm³/mol. The van der Waals surface area contributed by atoms with Crippen LogP contribution in [0.5, 0.6) is 0 Å². The molecule has 1 aliphatic carbocycles. The molecule has 38 heavy (non-hydrogen) atoms. The molecule has 1 saturated heterocycles. The van der Waals surface area contributed by atoms with Crippen LogP contribution in [0.2, 0.25) is 0 Å². The first-order valence-corrected chi connectivity index (χ1v) is 13.6. The number of hydrogen-bond acceptors (Lipinski definition) is 4. The summed E-state index contributed by atoms with van der Waals surface area (Å²) < 4.78 is 13.9. The van der Waals surface area contributed by atoms with Crippen LogP contribution in [0.3, 0.4) is 0 Å². The number of aryl methyl sites for hydroxylation is 1. The third-order valence-corrected chi connectivity index (χ3v) is 7.77. The predicted octanol–water partition coefficient (Wildman–Crippen LogP) is 3.80. The lowest BCUT2D eigenvalue weighted by Gasteiger charge is -2.36. The van der Waals surface area contributed by atoms with E-state index >= 15 is 0 Å². The van der Waals surface area contributed by atoms with Gasteiger partial charge in [-0.25, -0.2) is 4.39 Å². The van der Waals surface area contributed by atoms with Gasteiger partial charge in [0.1, 0.15) is 5.82 Å². The lowest BCUT2D eigenvalue weighted by atomic mass is 9.76. The van der Waals surface area contributed by atoms with Gasteiger partial charge in [0.15, 0.2) is 0 Å². The topological polar surface area (TPSA) is 74.3 Å². The van der Waals surface area contributed by atoms with Crippen LogP contribution in [0, 0.1) is 5.82 Å². The third-order valence-electron chi connectivity index (χ3n) is 7.77. The van der Waals surface area contributed by atoms with Crippen molar-refractivity contribution in [1.82, 2.24) is 20.5 Å². The largest absolute Gasteiger partial charge is 0.353 e. The summed E-state index contributed by atoms with van der Waals surface area (Å²) in [5.41, 5.74) is 4.25. The molecule has 198 valence electrons. The zero-order valence-electron chi connectivity index (χ0n) is 21.6. The number of fused-ring (bicyclic) bond motifs is 1. The molecule has 0 saturated carbocycles. The van der Waals surface area contributed by atoms with E-state index in [9.17, 15) is 14.0 Å². The average Bonchev–Trinajstić information content (AvgIpc) is 2.92. The maximum atomic E-state index is 13.9. The molecule has 2 aliphatic rings. The molecule has 0 spiro atoms. The summed E-state index contributed by atoms with van der Waals surface area (Å²) in [6.07, 6.45) is 7.94. The van der Waals surface area contributed by atoms with Gasteiger partial charge in [-0.15, -0.1) is 0 Å². The minimum atomic E-state index is -0.217. The van der Waals surface area contributed by atoms with E-state index in [-0.39, 0.29) is 35.6 Å². The molecule has 7 heteroatoms. The summed E-state index contributed by atoms with van der Waals surface area (Å²) in [6, 6.07) is 18.9. The molecule has 5 rings (SSSR count). The number of nitrogens with zero attached hydrogens (tertiary/aromatic N) is 2. The minimum absolute atomic E-state index is 0.0170. The van der Waals surface area contributed by atoms with E-state index in [1.165, 1.54) is 6.07 Å². The Bertz CT molecular complexity index is 1230. The average molecular weight is 515 g/mol. The van der Waals surface area contributed by atoms with Crippen molar-refractivity contribution in [1.29, 1.82) is 0 Å². The van der Waals surface area contributed by atoms with E-state index in [0.29, 0.717) is 13.0 Å². The number of piperidine rings is 1. The zero-order chi connectivity index (χ0) is 26.3. The van der Waals surface area contributed by atoms with E-state index in [1.54, 1.807) is 12.3 Å². The first-order valence-electron chi connectivity index (χ1n) is 13.6. The Morgan fingerprint density at radius 3 is 2.47 bits per heavy atom. The van der Waals surface area contributed by atoms with Gasteiger partial charge in [-0.1, -0.05) is 42.5 Å². The lowest BCUT2D eigenvalue weighted by molar-refractivity contribution is -0.124. The van der Waals surface area contributed by atoms with Gasteiger partial charge >= 0.3 is 0 Å². The number of hydrogen-bond donors (Lipinski definition) is 2. The first kappa shape index (κ1) is 26.0. The molecule has 6 nitrogen and oxygen atoms in total. The Kier molecular flexibility index (Phi) is 8.44. The second kappa shape index (κ2) is 12.3. The van der Waals surface area contributed by atoms with E-state index < -0.39 is 0 Å². The molecule has 2 heterocycles. The van der Waals surface area contributed by atoms with Gasteiger partial charge in [-0.3, -0.25) is 19.5 Å². The number of aromatic nitrogens is 1. The summed E-state index contributed by atoms with van der Waals surface area (Å²) in [6.45, 7) is 1.89. The van der Waals surface area contributed by atoms with Gasteiger partial charge in [0.25, 0.3) is 0 Å². The maximum absolute atomic E-state index is 13.9. The third kappa shape index (κ3) is 6.84. The number of benzene rings is 2. The van der Waals surface area contributed by atoms with Crippen molar-refractivity contribution in [2.24, 2.45) is 0 Å². The highest BCUT2D eigenvalue weighted by molar-refractivity contribution is 5.79. The number of amides is 2. The van der Waals surface area contributed by atoms with Gasteiger partial charge in [-0.2, -0.15) is 0 Å². The summed E-state index contributed by atoms with van der Waals surface area (Å²) in [7, 11) is 0. The Morgan fingerprint density at radius 1 is 0.921 bits per heavy atom. The lowest BCUT2D eigenvalue weighted by Crippen LogP contribution is -2.50. The molecular formula is C31H35FN4O2. The van der Waals surface area contributed by atoms with E-state index in [1.807, 2.05) is 54.7 Å². The molecule has 0 unspecified atom stereocenters. The maximum Gasteiger partial charge on any atom is 0.234 e. The quantitative estimate of drug-likeness (QED) is 0.480. The summed E-state index contributed by atoms with van der Waals surface area (Å²) in [5.74, 6) is -0.0862. The molecule has 0 radical (unpaired) electrons. The van der Waals surface area contributed by atoms with Crippen LogP contribution in [0.25, 0.3) is 0 Å².